The van der Waals surface area contributed by atoms with Gasteiger partial charge in [0.25, 0.3) is 0 Å². The molecule has 1 aromatic carbocycles. The summed E-state index contributed by atoms with van der Waals surface area (Å²) in [5.41, 5.74) is 0.546. The van der Waals surface area contributed by atoms with E-state index in [2.05, 4.69) is 15.9 Å². The van der Waals surface area contributed by atoms with Crippen molar-refractivity contribution in [2.75, 3.05) is 0 Å². The first kappa shape index (κ1) is 9.80. The topological polar surface area (TPSA) is 17.1 Å². The molecule has 0 saturated heterocycles. The number of thiophene rings is 1. The Morgan fingerprint density at radius 1 is 1.50 bits per heavy atom. The molecule has 1 nitrogen and oxygen atoms in total. The molecule has 2 rings (SSSR count). The predicted octanol–water partition coefficient (Wildman–Crippen LogP) is 3.75. The number of aldehydes is 1. The van der Waals surface area contributed by atoms with E-state index in [0.29, 0.717) is 21.0 Å². The van der Waals surface area contributed by atoms with Gasteiger partial charge in [-0.3, -0.25) is 4.79 Å². The summed E-state index contributed by atoms with van der Waals surface area (Å²) >= 11 is 4.68. The van der Waals surface area contributed by atoms with E-state index in [1.54, 1.807) is 0 Å². The second-order valence-electron chi connectivity index (χ2n) is 2.84. The van der Waals surface area contributed by atoms with Gasteiger partial charge in [0.1, 0.15) is 5.82 Å². The zero-order valence-corrected chi connectivity index (χ0v) is 9.49. The van der Waals surface area contributed by atoms with Gasteiger partial charge in [0.05, 0.1) is 4.70 Å². The van der Waals surface area contributed by atoms with E-state index >= 15 is 0 Å². The molecule has 0 spiro atoms. The third-order valence-electron chi connectivity index (χ3n) is 1.98. The molecule has 1 heterocycles. The van der Waals surface area contributed by atoms with Crippen LogP contribution in [0.2, 0.25) is 0 Å². The summed E-state index contributed by atoms with van der Waals surface area (Å²) in [7, 11) is 0. The molecule has 0 fully saturated rings. The van der Waals surface area contributed by atoms with Gasteiger partial charge in [-0.05, 0) is 18.2 Å². The summed E-state index contributed by atoms with van der Waals surface area (Å²) in [6, 6.07) is 4.69. The lowest BCUT2D eigenvalue weighted by atomic mass is 10.1. The molecular formula is C10H6BrFOS. The fraction of sp³-hybridized carbons (Fsp3) is 0.100. The molecule has 0 radical (unpaired) electrons. The number of benzene rings is 1. The molecule has 0 saturated carbocycles. The van der Waals surface area contributed by atoms with Crippen molar-refractivity contribution in [2.24, 2.45) is 0 Å². The SMILES string of the molecule is O=Cc1ccc(F)c2sc(CBr)cc12. The maximum atomic E-state index is 13.3. The molecule has 0 unspecified atom stereocenters. The Morgan fingerprint density at radius 2 is 2.29 bits per heavy atom. The normalized spacial score (nSPS) is 10.7. The molecule has 72 valence electrons. The minimum Gasteiger partial charge on any atom is -0.298 e. The number of carbonyl (C=O) groups excluding carboxylic acids is 1. The van der Waals surface area contributed by atoms with Gasteiger partial charge in [0, 0.05) is 21.2 Å². The van der Waals surface area contributed by atoms with Crippen LogP contribution in [0.4, 0.5) is 4.39 Å². The molecule has 0 bridgehead atoms. The smallest absolute Gasteiger partial charge is 0.150 e. The summed E-state index contributed by atoms with van der Waals surface area (Å²) in [5.74, 6) is -0.261. The molecule has 0 aliphatic heterocycles. The first-order valence-corrected chi connectivity index (χ1v) is 5.92. The van der Waals surface area contributed by atoms with Gasteiger partial charge in [-0.2, -0.15) is 0 Å². The number of hydrogen-bond donors (Lipinski definition) is 0. The highest BCUT2D eigenvalue weighted by Crippen LogP contribution is 2.31. The summed E-state index contributed by atoms with van der Waals surface area (Å²) in [6.07, 6.45) is 0.756. The van der Waals surface area contributed by atoms with Crippen LogP contribution in [0.1, 0.15) is 15.2 Å². The zero-order chi connectivity index (χ0) is 10.1. The number of rotatable bonds is 2. The number of carbonyl (C=O) groups is 1. The van der Waals surface area contributed by atoms with Crippen LogP contribution in [0.25, 0.3) is 10.1 Å². The van der Waals surface area contributed by atoms with Gasteiger partial charge in [0.15, 0.2) is 6.29 Å². The van der Waals surface area contributed by atoms with Gasteiger partial charge in [-0.25, -0.2) is 4.39 Å². The maximum absolute atomic E-state index is 13.3. The lowest BCUT2D eigenvalue weighted by Gasteiger charge is -1.94. The molecule has 0 aliphatic carbocycles. The second kappa shape index (κ2) is 3.79. The standard InChI is InChI=1S/C10H6BrFOS/c11-4-7-3-8-6(5-13)1-2-9(12)10(8)14-7/h1-3,5H,4H2. The summed E-state index contributed by atoms with van der Waals surface area (Å²) in [6.45, 7) is 0. The van der Waals surface area contributed by atoms with E-state index in [0.717, 1.165) is 11.2 Å². The average Bonchev–Trinajstić information content (AvgIpc) is 2.63. The summed E-state index contributed by atoms with van der Waals surface area (Å²) < 4.78 is 13.9. The first-order valence-electron chi connectivity index (χ1n) is 3.98. The number of halogens is 2. The van der Waals surface area contributed by atoms with Crippen molar-refractivity contribution in [1.82, 2.24) is 0 Å². The molecule has 2 aromatic rings. The molecule has 0 N–H and O–H groups in total. The van der Waals surface area contributed by atoms with Crippen LogP contribution >= 0.6 is 27.3 Å². The fourth-order valence-electron chi connectivity index (χ4n) is 1.33. The highest BCUT2D eigenvalue weighted by atomic mass is 79.9. The van der Waals surface area contributed by atoms with Crippen molar-refractivity contribution in [1.29, 1.82) is 0 Å². The van der Waals surface area contributed by atoms with Gasteiger partial charge < -0.3 is 0 Å². The maximum Gasteiger partial charge on any atom is 0.150 e. The van der Waals surface area contributed by atoms with E-state index in [1.807, 2.05) is 6.07 Å². The molecule has 0 aliphatic rings. The van der Waals surface area contributed by atoms with Crippen molar-refractivity contribution in [2.45, 2.75) is 5.33 Å². The Labute approximate surface area is 92.7 Å². The van der Waals surface area contributed by atoms with E-state index in [-0.39, 0.29) is 5.82 Å². The van der Waals surface area contributed by atoms with Gasteiger partial charge in [0.2, 0.25) is 0 Å². The van der Waals surface area contributed by atoms with Gasteiger partial charge in [-0.1, -0.05) is 15.9 Å². The number of alkyl halides is 1. The molecule has 0 atom stereocenters. The monoisotopic (exact) mass is 272 g/mol. The van der Waals surface area contributed by atoms with Crippen molar-refractivity contribution in [3.8, 4) is 0 Å². The molecular weight excluding hydrogens is 267 g/mol. The highest BCUT2D eigenvalue weighted by Gasteiger charge is 2.09. The van der Waals surface area contributed by atoms with Crippen molar-refractivity contribution in [3.63, 3.8) is 0 Å². The van der Waals surface area contributed by atoms with Crippen LogP contribution in [0.5, 0.6) is 0 Å². The molecule has 1 aromatic heterocycles. The van der Waals surface area contributed by atoms with Crippen LogP contribution in [-0.4, -0.2) is 6.29 Å². The average molecular weight is 273 g/mol. The molecule has 4 heteroatoms. The van der Waals surface area contributed by atoms with E-state index in [1.165, 1.54) is 23.5 Å². The van der Waals surface area contributed by atoms with E-state index in [9.17, 15) is 9.18 Å². The summed E-state index contributed by atoms with van der Waals surface area (Å²) in [4.78, 5) is 11.7. The first-order chi connectivity index (χ1) is 6.76. The summed E-state index contributed by atoms with van der Waals surface area (Å²) in [5, 5.41) is 1.39. The Bertz CT molecular complexity index is 492. The van der Waals surface area contributed by atoms with Gasteiger partial charge >= 0.3 is 0 Å². The van der Waals surface area contributed by atoms with Crippen molar-refractivity contribution in [3.05, 3.63) is 34.5 Å². The van der Waals surface area contributed by atoms with E-state index < -0.39 is 0 Å². The Morgan fingerprint density at radius 3 is 2.93 bits per heavy atom. The van der Waals surface area contributed by atoms with E-state index in [4.69, 9.17) is 0 Å². The highest BCUT2D eigenvalue weighted by molar-refractivity contribution is 9.08. The number of hydrogen-bond acceptors (Lipinski definition) is 2. The second-order valence-corrected chi connectivity index (χ2v) is 4.54. The zero-order valence-electron chi connectivity index (χ0n) is 7.09. The predicted molar refractivity (Wildman–Crippen MR) is 59.8 cm³/mol. The van der Waals surface area contributed by atoms with Crippen LogP contribution in [0, 0.1) is 5.82 Å². The van der Waals surface area contributed by atoms with Crippen LogP contribution in [0.15, 0.2) is 18.2 Å². The van der Waals surface area contributed by atoms with Gasteiger partial charge in [-0.15, -0.1) is 11.3 Å². The van der Waals surface area contributed by atoms with Crippen molar-refractivity contribution >= 4 is 43.6 Å². The third-order valence-corrected chi connectivity index (χ3v) is 4.10. The number of fused-ring (bicyclic) bond motifs is 1. The van der Waals surface area contributed by atoms with Crippen LogP contribution in [0.3, 0.4) is 0 Å². The van der Waals surface area contributed by atoms with Crippen molar-refractivity contribution < 1.29 is 9.18 Å². The quantitative estimate of drug-likeness (QED) is 0.601. The fourth-order valence-corrected chi connectivity index (χ4v) is 2.78. The minimum atomic E-state index is -0.261. The Kier molecular flexibility index (Phi) is 2.65. The Balaban J connectivity index is 2.81. The lowest BCUT2D eigenvalue weighted by molar-refractivity contribution is 0.112. The molecule has 14 heavy (non-hydrogen) atoms. The van der Waals surface area contributed by atoms with Crippen LogP contribution in [-0.2, 0) is 5.33 Å². The third kappa shape index (κ3) is 1.48. The Hall–Kier alpha value is -0.740. The molecule has 0 amide bonds. The lowest BCUT2D eigenvalue weighted by Crippen LogP contribution is -1.82. The largest absolute Gasteiger partial charge is 0.298 e. The minimum absolute atomic E-state index is 0.261. The van der Waals surface area contributed by atoms with Crippen LogP contribution < -0.4 is 0 Å².